The highest BCUT2D eigenvalue weighted by molar-refractivity contribution is 6.38. The highest BCUT2D eigenvalue weighted by Gasteiger charge is 2.21. The number of rotatable bonds is 3. The Morgan fingerprint density at radius 2 is 0.956 bits per heavy atom. The van der Waals surface area contributed by atoms with Crippen LogP contribution in [-0.2, 0) is 0 Å². The molecule has 0 aliphatic heterocycles. The van der Waals surface area contributed by atoms with Gasteiger partial charge in [0.15, 0.2) is 0 Å². The Bertz CT molecular complexity index is 2740. The molecule has 3 heteroatoms. The Labute approximate surface area is 259 Å². The maximum Gasteiger partial charge on any atom is 0.0973 e. The van der Waals surface area contributed by atoms with Crippen molar-refractivity contribution in [3.05, 3.63) is 152 Å². The topological polar surface area (TPSA) is 30.7 Å². The van der Waals surface area contributed by atoms with Crippen LogP contribution in [-0.4, -0.2) is 14.5 Å². The van der Waals surface area contributed by atoms with Gasteiger partial charge in [-0.05, 0) is 74.8 Å². The normalized spacial score (nSPS) is 12.0. The minimum Gasteiger partial charge on any atom is -0.309 e. The van der Waals surface area contributed by atoms with E-state index < -0.39 is 0 Å². The summed E-state index contributed by atoms with van der Waals surface area (Å²) in [7, 11) is 0. The van der Waals surface area contributed by atoms with Crippen LogP contribution in [0.4, 0.5) is 0 Å². The molecule has 8 aromatic carbocycles. The Kier molecular flexibility index (Phi) is 5.00. The molecule has 2 aromatic heterocycles. The van der Waals surface area contributed by atoms with Gasteiger partial charge in [-0.3, -0.25) is 0 Å². The molecule has 0 unspecified atom stereocenters. The number of aromatic nitrogens is 3. The summed E-state index contributed by atoms with van der Waals surface area (Å²) >= 11 is 0. The maximum atomic E-state index is 5.17. The summed E-state index contributed by atoms with van der Waals surface area (Å²) < 4.78 is 2.41. The molecule has 0 spiro atoms. The Morgan fingerprint density at radius 1 is 0.378 bits per heavy atom. The smallest absolute Gasteiger partial charge is 0.0973 e. The minimum atomic E-state index is 0.896. The summed E-state index contributed by atoms with van der Waals surface area (Å²) in [5, 5.41) is 10.2. The maximum absolute atomic E-state index is 5.17. The number of fused-ring (bicyclic) bond motifs is 6. The van der Waals surface area contributed by atoms with Crippen LogP contribution < -0.4 is 0 Å². The Hall–Kier alpha value is -6.06. The van der Waals surface area contributed by atoms with Crippen LogP contribution in [0.2, 0.25) is 0 Å². The molecule has 0 saturated heterocycles. The van der Waals surface area contributed by atoms with Crippen LogP contribution in [0.25, 0.3) is 93.4 Å². The fraction of sp³-hybridized carbons (Fsp3) is 0. The summed E-state index contributed by atoms with van der Waals surface area (Å²) in [4.78, 5) is 10.3. The molecule has 3 nitrogen and oxygen atoms in total. The molecule has 0 atom stereocenters. The van der Waals surface area contributed by atoms with Gasteiger partial charge in [-0.2, -0.15) is 0 Å². The van der Waals surface area contributed by atoms with E-state index >= 15 is 0 Å². The second kappa shape index (κ2) is 9.22. The molecule has 2 heterocycles. The van der Waals surface area contributed by atoms with Gasteiger partial charge in [0.1, 0.15) is 0 Å². The number of para-hydroxylation sites is 3. The van der Waals surface area contributed by atoms with Gasteiger partial charge in [-0.1, -0.05) is 109 Å². The van der Waals surface area contributed by atoms with Crippen molar-refractivity contribution in [1.82, 2.24) is 14.5 Å². The third-order valence-corrected chi connectivity index (χ3v) is 9.30. The van der Waals surface area contributed by atoms with Gasteiger partial charge in [0.05, 0.1) is 33.5 Å². The lowest BCUT2D eigenvalue weighted by atomic mass is 9.90. The van der Waals surface area contributed by atoms with Crippen molar-refractivity contribution in [3.8, 4) is 28.2 Å². The lowest BCUT2D eigenvalue weighted by Crippen LogP contribution is -1.95. The van der Waals surface area contributed by atoms with Crippen molar-refractivity contribution >= 4 is 65.2 Å². The lowest BCUT2D eigenvalue weighted by Gasteiger charge is -2.14. The quantitative estimate of drug-likeness (QED) is 0.198. The Balaban J connectivity index is 1.28. The fourth-order valence-corrected chi connectivity index (χ4v) is 7.39. The van der Waals surface area contributed by atoms with Crippen LogP contribution in [0.3, 0.4) is 0 Å². The van der Waals surface area contributed by atoms with E-state index in [9.17, 15) is 0 Å². The molecule has 208 valence electrons. The zero-order valence-electron chi connectivity index (χ0n) is 24.3. The zero-order chi connectivity index (χ0) is 29.5. The second-order valence-electron chi connectivity index (χ2n) is 11.8. The third-order valence-electron chi connectivity index (χ3n) is 9.30. The number of hydrogen-bond donors (Lipinski definition) is 0. The Morgan fingerprint density at radius 3 is 1.69 bits per heavy atom. The molecule has 0 saturated carbocycles. The molecule has 0 amide bonds. The van der Waals surface area contributed by atoms with Crippen molar-refractivity contribution in [2.24, 2.45) is 0 Å². The molecule has 0 N–H and O–H groups in total. The molecule has 0 fully saturated rings. The molecule has 45 heavy (non-hydrogen) atoms. The van der Waals surface area contributed by atoms with Gasteiger partial charge in [-0.15, -0.1) is 0 Å². The highest BCUT2D eigenvalue weighted by atomic mass is 15.0. The van der Waals surface area contributed by atoms with E-state index in [1.54, 1.807) is 0 Å². The van der Waals surface area contributed by atoms with Crippen LogP contribution in [0.15, 0.2) is 152 Å². The first kappa shape index (κ1) is 24.4. The molecule has 0 radical (unpaired) electrons. The second-order valence-corrected chi connectivity index (χ2v) is 11.8. The highest BCUT2D eigenvalue weighted by Crippen LogP contribution is 2.46. The van der Waals surface area contributed by atoms with Gasteiger partial charge < -0.3 is 4.57 Å². The van der Waals surface area contributed by atoms with E-state index in [2.05, 4.69) is 126 Å². The summed E-state index contributed by atoms with van der Waals surface area (Å²) in [6.07, 6.45) is 0. The zero-order valence-corrected chi connectivity index (χ0v) is 24.3. The van der Waals surface area contributed by atoms with Crippen molar-refractivity contribution in [2.45, 2.75) is 0 Å². The van der Waals surface area contributed by atoms with Gasteiger partial charge in [0, 0.05) is 27.6 Å². The summed E-state index contributed by atoms with van der Waals surface area (Å²) in [5.74, 6) is 0. The van der Waals surface area contributed by atoms with Gasteiger partial charge in [-0.25, -0.2) is 9.97 Å². The van der Waals surface area contributed by atoms with Crippen molar-refractivity contribution in [3.63, 3.8) is 0 Å². The van der Waals surface area contributed by atoms with Crippen molar-refractivity contribution < 1.29 is 0 Å². The van der Waals surface area contributed by atoms with Crippen LogP contribution in [0.5, 0.6) is 0 Å². The SMILES string of the molecule is c1ccc(-c2nc3ccccc3nc2-c2ccc3c(ccc4c5cccc6c5c5c(cccc5n6-c5ccccc5)c34)c2)cc1. The average molecular weight is 572 g/mol. The molecular weight excluding hydrogens is 546 g/mol. The van der Waals surface area contributed by atoms with Gasteiger partial charge in [0.25, 0.3) is 0 Å². The summed E-state index contributed by atoms with van der Waals surface area (Å²) in [5.41, 5.74) is 9.37. The molecule has 0 aliphatic carbocycles. The standard InChI is InChI=1S/C42H25N3/c1-3-11-26(12-4-1)41-42(44-35-18-8-7-17-34(35)43-41)28-22-23-30-27(25-28)21-24-32-31-15-9-19-36-39(31)40-33(38(30)32)16-10-20-37(40)45(36)29-13-5-2-6-14-29/h1-25H. The predicted molar refractivity (Wildman–Crippen MR) is 188 cm³/mol. The predicted octanol–water partition coefficient (Wildman–Crippen LogP) is 11.0. The van der Waals surface area contributed by atoms with Crippen molar-refractivity contribution in [2.75, 3.05) is 0 Å². The summed E-state index contributed by atoms with van der Waals surface area (Å²) in [6.45, 7) is 0. The molecule has 0 bridgehead atoms. The number of nitrogens with zero attached hydrogens (tertiary/aromatic N) is 3. The van der Waals surface area contributed by atoms with E-state index in [1.165, 1.54) is 59.8 Å². The summed E-state index contributed by atoms with van der Waals surface area (Å²) in [6, 6.07) is 54.0. The number of hydrogen-bond acceptors (Lipinski definition) is 2. The minimum absolute atomic E-state index is 0.896. The molecule has 10 aromatic rings. The first-order chi connectivity index (χ1) is 22.3. The van der Waals surface area contributed by atoms with E-state index in [0.29, 0.717) is 0 Å². The largest absolute Gasteiger partial charge is 0.309 e. The van der Waals surface area contributed by atoms with E-state index in [1.807, 2.05) is 30.3 Å². The number of benzene rings is 8. The first-order valence-corrected chi connectivity index (χ1v) is 15.4. The van der Waals surface area contributed by atoms with Crippen LogP contribution >= 0.6 is 0 Å². The van der Waals surface area contributed by atoms with Crippen LogP contribution in [0, 0.1) is 0 Å². The molecular formula is C42H25N3. The first-order valence-electron chi connectivity index (χ1n) is 15.4. The van der Waals surface area contributed by atoms with Crippen molar-refractivity contribution in [1.29, 1.82) is 0 Å². The molecule has 10 rings (SSSR count). The van der Waals surface area contributed by atoms with E-state index in [4.69, 9.17) is 9.97 Å². The van der Waals surface area contributed by atoms with Gasteiger partial charge in [0.2, 0.25) is 0 Å². The molecule has 0 aliphatic rings. The van der Waals surface area contributed by atoms with E-state index in [-0.39, 0.29) is 0 Å². The lowest BCUT2D eigenvalue weighted by molar-refractivity contribution is 1.18. The fourth-order valence-electron chi connectivity index (χ4n) is 7.39. The third kappa shape index (κ3) is 3.46. The average Bonchev–Trinajstić information content (AvgIpc) is 3.46. The van der Waals surface area contributed by atoms with Crippen LogP contribution in [0.1, 0.15) is 0 Å². The monoisotopic (exact) mass is 571 g/mol. The van der Waals surface area contributed by atoms with E-state index in [0.717, 1.165) is 33.5 Å². The van der Waals surface area contributed by atoms with Gasteiger partial charge >= 0.3 is 0 Å².